The van der Waals surface area contributed by atoms with Gasteiger partial charge in [0.1, 0.15) is 11.5 Å². The highest BCUT2D eigenvalue weighted by Gasteiger charge is 2.23. The zero-order chi connectivity index (χ0) is 20.4. The normalized spacial score (nSPS) is 11.4. The van der Waals surface area contributed by atoms with E-state index in [1.54, 1.807) is 7.11 Å². The number of carbonyl (C=O) groups is 1. The summed E-state index contributed by atoms with van der Waals surface area (Å²) in [7, 11) is 1.64. The van der Waals surface area contributed by atoms with E-state index in [1.807, 2.05) is 32.9 Å². The quantitative estimate of drug-likeness (QED) is 0.604. The van der Waals surface area contributed by atoms with Gasteiger partial charge in [-0.2, -0.15) is 4.98 Å². The molecule has 0 bridgehead atoms. The lowest BCUT2D eigenvalue weighted by Gasteiger charge is -2.19. The lowest BCUT2D eigenvalue weighted by atomic mass is 9.96. The molecule has 0 fully saturated rings. The van der Waals surface area contributed by atoms with E-state index in [-0.39, 0.29) is 23.6 Å². The highest BCUT2D eigenvalue weighted by atomic mass is 127. The van der Waals surface area contributed by atoms with Crippen LogP contribution in [0.1, 0.15) is 46.1 Å². The molecule has 1 heterocycles. The molecular weight excluding hydrogens is 459 g/mol. The minimum Gasteiger partial charge on any atom is -0.496 e. The number of nitrogens with zero attached hydrogens (tertiary/aromatic N) is 2. The van der Waals surface area contributed by atoms with Crippen LogP contribution < -0.4 is 20.5 Å². The number of carbonyl (C=O) groups excluding carboxylic acids is 1. The predicted molar refractivity (Wildman–Crippen MR) is 114 cm³/mol. The SMILES string of the molecule is COc1ccc(Oc2cnc(NC(=O)C(C)(C)C)nc2N)c(C(C)C)c1I. The first-order valence-corrected chi connectivity index (χ1v) is 9.60. The van der Waals surface area contributed by atoms with Crippen molar-refractivity contribution in [1.29, 1.82) is 0 Å². The Morgan fingerprint density at radius 2 is 1.85 bits per heavy atom. The van der Waals surface area contributed by atoms with E-state index in [0.717, 1.165) is 14.9 Å². The van der Waals surface area contributed by atoms with Crippen molar-refractivity contribution in [2.24, 2.45) is 5.41 Å². The number of benzene rings is 1. The first-order chi connectivity index (χ1) is 12.5. The van der Waals surface area contributed by atoms with Crippen molar-refractivity contribution in [2.45, 2.75) is 40.5 Å². The Morgan fingerprint density at radius 1 is 1.22 bits per heavy atom. The Kier molecular flexibility index (Phi) is 6.50. The molecular formula is C19H25IN4O3. The molecule has 2 rings (SSSR count). The molecule has 7 nitrogen and oxygen atoms in total. The van der Waals surface area contributed by atoms with Crippen LogP contribution in [-0.4, -0.2) is 23.0 Å². The second kappa shape index (κ2) is 8.28. The van der Waals surface area contributed by atoms with Gasteiger partial charge >= 0.3 is 0 Å². The van der Waals surface area contributed by atoms with Gasteiger partial charge in [-0.15, -0.1) is 0 Å². The van der Waals surface area contributed by atoms with Crippen LogP contribution in [0.2, 0.25) is 0 Å². The van der Waals surface area contributed by atoms with E-state index >= 15 is 0 Å². The fourth-order valence-electron chi connectivity index (χ4n) is 2.27. The van der Waals surface area contributed by atoms with Crippen LogP contribution >= 0.6 is 22.6 Å². The molecule has 0 radical (unpaired) electrons. The zero-order valence-corrected chi connectivity index (χ0v) is 18.5. The maximum Gasteiger partial charge on any atom is 0.232 e. The number of nitrogens with two attached hydrogens (primary N) is 1. The first-order valence-electron chi connectivity index (χ1n) is 8.52. The standard InChI is InChI=1S/C19H25IN4O3/c1-10(2)14-11(7-8-12(26-6)15(14)20)27-13-9-22-18(23-16(13)21)24-17(25)19(3,4)5/h7-10H,1-6H3,(H3,21,22,23,24,25). The van der Waals surface area contributed by atoms with E-state index < -0.39 is 5.41 Å². The van der Waals surface area contributed by atoms with E-state index in [1.165, 1.54) is 6.20 Å². The van der Waals surface area contributed by atoms with Gasteiger partial charge in [-0.05, 0) is 40.6 Å². The number of halogens is 1. The van der Waals surface area contributed by atoms with Crippen molar-refractivity contribution in [3.05, 3.63) is 27.5 Å². The van der Waals surface area contributed by atoms with Crippen LogP contribution in [0.25, 0.3) is 0 Å². The van der Waals surface area contributed by atoms with Crippen LogP contribution in [0.5, 0.6) is 17.2 Å². The predicted octanol–water partition coefficient (Wildman–Crippen LogP) is 4.57. The molecule has 27 heavy (non-hydrogen) atoms. The van der Waals surface area contributed by atoms with Crippen LogP contribution in [0, 0.1) is 8.99 Å². The molecule has 1 amide bonds. The Morgan fingerprint density at radius 3 is 2.37 bits per heavy atom. The minimum absolute atomic E-state index is 0.146. The topological polar surface area (TPSA) is 99.4 Å². The molecule has 0 spiro atoms. The van der Waals surface area contributed by atoms with Gasteiger partial charge in [0.15, 0.2) is 11.6 Å². The van der Waals surface area contributed by atoms with E-state index in [9.17, 15) is 4.79 Å². The van der Waals surface area contributed by atoms with E-state index in [2.05, 4.69) is 51.7 Å². The van der Waals surface area contributed by atoms with Crippen LogP contribution in [0.3, 0.4) is 0 Å². The lowest BCUT2D eigenvalue weighted by molar-refractivity contribution is -0.123. The molecule has 0 saturated heterocycles. The molecule has 0 aliphatic carbocycles. The van der Waals surface area contributed by atoms with Crippen molar-refractivity contribution in [3.8, 4) is 17.2 Å². The summed E-state index contributed by atoms with van der Waals surface area (Å²) in [6, 6.07) is 3.68. The number of aromatic nitrogens is 2. The fourth-order valence-corrected chi connectivity index (χ4v) is 3.56. The molecule has 0 atom stereocenters. The number of anilines is 2. The zero-order valence-electron chi connectivity index (χ0n) is 16.4. The number of rotatable bonds is 5. The number of nitrogen functional groups attached to an aromatic ring is 1. The number of nitrogens with one attached hydrogen (secondary N) is 1. The van der Waals surface area contributed by atoms with Crippen molar-refractivity contribution in [2.75, 3.05) is 18.2 Å². The number of hydrogen-bond donors (Lipinski definition) is 2. The summed E-state index contributed by atoms with van der Waals surface area (Å²) in [6.45, 7) is 9.58. The van der Waals surface area contributed by atoms with Crippen LogP contribution in [-0.2, 0) is 4.79 Å². The van der Waals surface area contributed by atoms with E-state index in [4.69, 9.17) is 15.2 Å². The number of hydrogen-bond acceptors (Lipinski definition) is 6. The van der Waals surface area contributed by atoms with Gasteiger partial charge in [0.05, 0.1) is 16.9 Å². The molecule has 0 saturated carbocycles. The highest BCUT2D eigenvalue weighted by Crippen LogP contribution is 2.39. The molecule has 2 aromatic rings. The van der Waals surface area contributed by atoms with Gasteiger partial charge in [-0.25, -0.2) is 4.98 Å². The Bertz CT molecular complexity index is 848. The van der Waals surface area contributed by atoms with Crippen molar-refractivity contribution >= 4 is 40.3 Å². The van der Waals surface area contributed by atoms with Gasteiger partial charge in [-0.1, -0.05) is 34.6 Å². The third-order valence-electron chi connectivity index (χ3n) is 3.81. The van der Waals surface area contributed by atoms with Crippen molar-refractivity contribution in [1.82, 2.24) is 9.97 Å². The average Bonchev–Trinajstić information content (AvgIpc) is 2.56. The summed E-state index contributed by atoms with van der Waals surface area (Å²) in [5, 5.41) is 2.65. The molecule has 1 aromatic heterocycles. The third kappa shape index (κ3) is 5.00. The summed E-state index contributed by atoms with van der Waals surface area (Å²) < 4.78 is 12.4. The maximum atomic E-state index is 12.1. The fraction of sp³-hybridized carbons (Fsp3) is 0.421. The van der Waals surface area contributed by atoms with Crippen LogP contribution in [0.4, 0.5) is 11.8 Å². The maximum absolute atomic E-state index is 12.1. The first kappa shape index (κ1) is 21.2. The summed E-state index contributed by atoms with van der Waals surface area (Å²) in [5.41, 5.74) is 6.48. The van der Waals surface area contributed by atoms with Gasteiger partial charge in [0.25, 0.3) is 0 Å². The molecule has 3 N–H and O–H groups in total. The number of ether oxygens (including phenoxy) is 2. The monoisotopic (exact) mass is 484 g/mol. The number of methoxy groups -OCH3 is 1. The van der Waals surface area contributed by atoms with Crippen LogP contribution in [0.15, 0.2) is 18.3 Å². The molecule has 0 aliphatic heterocycles. The lowest BCUT2D eigenvalue weighted by Crippen LogP contribution is -2.28. The van der Waals surface area contributed by atoms with Crippen molar-refractivity contribution in [3.63, 3.8) is 0 Å². The van der Waals surface area contributed by atoms with Gasteiger partial charge in [0.2, 0.25) is 11.9 Å². The van der Waals surface area contributed by atoms with Gasteiger partial charge in [0, 0.05) is 11.0 Å². The summed E-state index contributed by atoms with van der Waals surface area (Å²) >= 11 is 2.24. The Balaban J connectivity index is 2.31. The Hall–Kier alpha value is -2.10. The molecule has 1 aromatic carbocycles. The molecule has 8 heteroatoms. The number of amides is 1. The average molecular weight is 484 g/mol. The second-order valence-corrected chi connectivity index (χ2v) is 8.48. The second-order valence-electron chi connectivity index (χ2n) is 7.40. The minimum atomic E-state index is -0.556. The largest absolute Gasteiger partial charge is 0.496 e. The summed E-state index contributed by atoms with van der Waals surface area (Å²) in [5.74, 6) is 2.10. The van der Waals surface area contributed by atoms with Gasteiger partial charge < -0.3 is 15.2 Å². The Labute approximate surface area is 173 Å². The third-order valence-corrected chi connectivity index (χ3v) is 4.92. The summed E-state index contributed by atoms with van der Waals surface area (Å²) in [4.78, 5) is 20.3. The summed E-state index contributed by atoms with van der Waals surface area (Å²) in [6.07, 6.45) is 1.46. The van der Waals surface area contributed by atoms with E-state index in [0.29, 0.717) is 11.5 Å². The molecule has 0 unspecified atom stereocenters. The van der Waals surface area contributed by atoms with Gasteiger partial charge in [-0.3, -0.25) is 10.1 Å². The smallest absolute Gasteiger partial charge is 0.232 e. The molecule has 146 valence electrons. The molecule has 0 aliphatic rings. The van der Waals surface area contributed by atoms with Crippen molar-refractivity contribution < 1.29 is 14.3 Å². The highest BCUT2D eigenvalue weighted by molar-refractivity contribution is 14.1.